The van der Waals surface area contributed by atoms with Crippen molar-refractivity contribution in [2.75, 3.05) is 0 Å². The first-order valence-corrected chi connectivity index (χ1v) is 9.69. The van der Waals surface area contributed by atoms with Gasteiger partial charge in [0.05, 0.1) is 12.2 Å². The summed E-state index contributed by atoms with van der Waals surface area (Å²) in [5.74, 6) is -1.31. The van der Waals surface area contributed by atoms with E-state index in [0.29, 0.717) is 19.3 Å². The zero-order chi connectivity index (χ0) is 20.1. The highest BCUT2D eigenvalue weighted by atomic mass is 16.4. The van der Waals surface area contributed by atoms with E-state index < -0.39 is 18.2 Å². The van der Waals surface area contributed by atoms with Gasteiger partial charge in [-0.15, -0.1) is 0 Å². The molecule has 0 saturated heterocycles. The molecule has 0 bridgehead atoms. The number of allylic oxidation sites excluding steroid dienone is 5. The van der Waals surface area contributed by atoms with E-state index in [2.05, 4.69) is 19.1 Å². The van der Waals surface area contributed by atoms with Crippen LogP contribution in [0, 0.1) is 11.8 Å². The molecule has 1 saturated carbocycles. The van der Waals surface area contributed by atoms with Gasteiger partial charge < -0.3 is 15.3 Å². The lowest BCUT2D eigenvalue weighted by atomic mass is 9.90. The van der Waals surface area contributed by atoms with Crippen molar-refractivity contribution < 1.29 is 24.9 Å². The zero-order valence-corrected chi connectivity index (χ0v) is 16.0. The number of aliphatic carboxylic acids is 1. The van der Waals surface area contributed by atoms with E-state index in [1.807, 2.05) is 12.2 Å². The Morgan fingerprint density at radius 3 is 2.63 bits per heavy atom. The third-order valence-corrected chi connectivity index (χ3v) is 4.59. The predicted octanol–water partition coefficient (Wildman–Crippen LogP) is 3.58. The molecular formula is C22H32O5. The number of carbonyl (C=O) groups is 2. The monoisotopic (exact) mass is 376 g/mol. The van der Waals surface area contributed by atoms with Crippen molar-refractivity contribution in [2.24, 2.45) is 11.8 Å². The zero-order valence-electron chi connectivity index (χ0n) is 16.0. The van der Waals surface area contributed by atoms with Gasteiger partial charge in [-0.3, -0.25) is 9.59 Å². The molecule has 1 rings (SSSR count). The van der Waals surface area contributed by atoms with Crippen molar-refractivity contribution in [3.63, 3.8) is 0 Å². The van der Waals surface area contributed by atoms with Gasteiger partial charge in [-0.25, -0.2) is 0 Å². The highest BCUT2D eigenvalue weighted by molar-refractivity contribution is 5.84. The second-order valence-corrected chi connectivity index (χ2v) is 6.84. The minimum absolute atomic E-state index is 0.0638. The Bertz CT molecular complexity index is 573. The summed E-state index contributed by atoms with van der Waals surface area (Å²) in [5, 5.41) is 28.7. The average molecular weight is 376 g/mol. The molecule has 1 aliphatic rings. The molecule has 5 heteroatoms. The van der Waals surface area contributed by atoms with Crippen LogP contribution in [0.3, 0.4) is 0 Å². The minimum Gasteiger partial charge on any atom is -0.481 e. The van der Waals surface area contributed by atoms with E-state index in [-0.39, 0.29) is 30.5 Å². The first-order chi connectivity index (χ1) is 13.0. The second-order valence-electron chi connectivity index (χ2n) is 6.84. The number of carboxylic acids is 1. The van der Waals surface area contributed by atoms with Crippen molar-refractivity contribution >= 4 is 11.8 Å². The lowest BCUT2D eigenvalue weighted by Crippen LogP contribution is -2.18. The molecule has 0 spiro atoms. The molecule has 3 N–H and O–H groups in total. The topological polar surface area (TPSA) is 94.8 Å². The van der Waals surface area contributed by atoms with Crippen LogP contribution >= 0.6 is 0 Å². The van der Waals surface area contributed by atoms with Gasteiger partial charge in [0.25, 0.3) is 0 Å². The fourth-order valence-corrected chi connectivity index (χ4v) is 3.10. The number of Topliss-reactive ketones (excluding diaryl/α,β-unsaturated/α-hetero) is 1. The van der Waals surface area contributed by atoms with E-state index in [1.54, 1.807) is 24.3 Å². The third kappa shape index (κ3) is 9.50. The number of hydrogen-bond acceptors (Lipinski definition) is 4. The third-order valence-electron chi connectivity index (χ3n) is 4.59. The van der Waals surface area contributed by atoms with Crippen LogP contribution < -0.4 is 0 Å². The molecular weight excluding hydrogens is 344 g/mol. The molecule has 1 fully saturated rings. The fourth-order valence-electron chi connectivity index (χ4n) is 3.10. The van der Waals surface area contributed by atoms with Crippen molar-refractivity contribution in [3.8, 4) is 0 Å². The number of ketones is 1. The van der Waals surface area contributed by atoms with E-state index >= 15 is 0 Å². The maximum Gasteiger partial charge on any atom is 0.303 e. The predicted molar refractivity (Wildman–Crippen MR) is 106 cm³/mol. The number of aliphatic hydroxyl groups excluding tert-OH is 2. The summed E-state index contributed by atoms with van der Waals surface area (Å²) in [4.78, 5) is 22.6. The molecule has 4 atom stereocenters. The van der Waals surface area contributed by atoms with Crippen LogP contribution in [0.5, 0.6) is 0 Å². The maximum absolute atomic E-state index is 12.1. The lowest BCUT2D eigenvalue weighted by molar-refractivity contribution is -0.136. The van der Waals surface area contributed by atoms with Gasteiger partial charge in [-0.1, -0.05) is 55.5 Å². The quantitative estimate of drug-likeness (QED) is 0.453. The second kappa shape index (κ2) is 13.2. The molecule has 0 amide bonds. The van der Waals surface area contributed by atoms with E-state index in [1.165, 1.54) is 0 Å². The molecule has 0 unspecified atom stereocenters. The molecule has 150 valence electrons. The van der Waals surface area contributed by atoms with Gasteiger partial charge in [-0.05, 0) is 32.1 Å². The molecule has 0 aromatic carbocycles. The van der Waals surface area contributed by atoms with Gasteiger partial charge in [0.1, 0.15) is 5.78 Å². The summed E-state index contributed by atoms with van der Waals surface area (Å²) in [6, 6.07) is 0. The van der Waals surface area contributed by atoms with Crippen LogP contribution in [0.25, 0.3) is 0 Å². The lowest BCUT2D eigenvalue weighted by Gasteiger charge is -2.16. The Morgan fingerprint density at radius 1 is 1.19 bits per heavy atom. The van der Waals surface area contributed by atoms with Crippen LogP contribution in [0.1, 0.15) is 51.9 Å². The largest absolute Gasteiger partial charge is 0.481 e. The number of hydrogen-bond donors (Lipinski definition) is 3. The van der Waals surface area contributed by atoms with Gasteiger partial charge in [0.15, 0.2) is 0 Å². The molecule has 0 radical (unpaired) electrons. The summed E-state index contributed by atoms with van der Waals surface area (Å²) >= 11 is 0. The van der Waals surface area contributed by atoms with Crippen molar-refractivity contribution in [1.29, 1.82) is 0 Å². The SMILES string of the molecule is CC/C=C\C/C=C\C[C@@H]1C(=O)C[C@@H](O)[C@H]1/C=C/[C@@H](O)C/C=C\CCC(=O)O. The smallest absolute Gasteiger partial charge is 0.303 e. The maximum atomic E-state index is 12.1. The molecule has 5 nitrogen and oxygen atoms in total. The Kier molecular flexibility index (Phi) is 11.3. The van der Waals surface area contributed by atoms with E-state index in [0.717, 1.165) is 12.8 Å². The highest BCUT2D eigenvalue weighted by Gasteiger charge is 2.39. The van der Waals surface area contributed by atoms with Crippen LogP contribution in [0.15, 0.2) is 48.6 Å². The van der Waals surface area contributed by atoms with Gasteiger partial charge in [0, 0.05) is 24.7 Å². The Balaban J connectivity index is 2.50. The van der Waals surface area contributed by atoms with Crippen LogP contribution in [-0.4, -0.2) is 39.3 Å². The molecule has 0 aliphatic heterocycles. The van der Waals surface area contributed by atoms with Crippen molar-refractivity contribution in [2.45, 2.75) is 64.1 Å². The summed E-state index contributed by atoms with van der Waals surface area (Å²) in [6.45, 7) is 2.08. The van der Waals surface area contributed by atoms with E-state index in [9.17, 15) is 19.8 Å². The average Bonchev–Trinajstić information content (AvgIpc) is 2.88. The van der Waals surface area contributed by atoms with Crippen LogP contribution in [0.2, 0.25) is 0 Å². The van der Waals surface area contributed by atoms with Crippen molar-refractivity contribution in [1.82, 2.24) is 0 Å². The minimum atomic E-state index is -0.846. The Labute approximate surface area is 161 Å². The number of carbonyl (C=O) groups excluding carboxylic acids is 1. The van der Waals surface area contributed by atoms with Crippen LogP contribution in [0.4, 0.5) is 0 Å². The number of aliphatic hydroxyl groups is 2. The summed E-state index contributed by atoms with van der Waals surface area (Å²) in [7, 11) is 0. The molecule has 27 heavy (non-hydrogen) atoms. The summed E-state index contributed by atoms with van der Waals surface area (Å²) in [6.07, 6.45) is 17.1. The first kappa shape index (κ1) is 23.1. The molecule has 0 aromatic rings. The Hall–Kier alpha value is -1.98. The van der Waals surface area contributed by atoms with Gasteiger partial charge >= 0.3 is 5.97 Å². The molecule has 0 heterocycles. The number of carboxylic acid groups (broad SMARTS) is 1. The molecule has 1 aliphatic carbocycles. The Morgan fingerprint density at radius 2 is 1.93 bits per heavy atom. The van der Waals surface area contributed by atoms with Gasteiger partial charge in [0.2, 0.25) is 0 Å². The summed E-state index contributed by atoms with van der Waals surface area (Å²) in [5.41, 5.74) is 0. The number of rotatable bonds is 12. The summed E-state index contributed by atoms with van der Waals surface area (Å²) < 4.78 is 0. The molecule has 0 aromatic heterocycles. The van der Waals surface area contributed by atoms with E-state index in [4.69, 9.17) is 5.11 Å². The van der Waals surface area contributed by atoms with Gasteiger partial charge in [-0.2, -0.15) is 0 Å². The highest BCUT2D eigenvalue weighted by Crippen LogP contribution is 2.33. The first-order valence-electron chi connectivity index (χ1n) is 9.69. The van der Waals surface area contributed by atoms with Crippen molar-refractivity contribution in [3.05, 3.63) is 48.6 Å². The fraction of sp³-hybridized carbons (Fsp3) is 0.545. The standard InChI is InChI=1S/C22H32O5/c1-2-3-4-5-6-9-12-18-19(21(25)16-20(18)24)15-14-17(23)11-8-7-10-13-22(26)27/h3-4,6-9,14-15,17-19,21,23,25H,2,5,10-13,16H2,1H3,(H,26,27)/b4-3-,8-7-,9-6-,15-14+/t17-,18-,19-,21+/m0/s1. The van der Waals surface area contributed by atoms with Crippen LogP contribution in [-0.2, 0) is 9.59 Å². The normalized spacial score (nSPS) is 24.9.